The van der Waals surface area contributed by atoms with Crippen molar-refractivity contribution in [1.82, 2.24) is 0 Å². The van der Waals surface area contributed by atoms with E-state index in [9.17, 15) is 14.3 Å². The van der Waals surface area contributed by atoms with Crippen LogP contribution in [0, 0.1) is 5.82 Å². The number of esters is 1. The lowest BCUT2D eigenvalue weighted by atomic mass is 10.1. The van der Waals surface area contributed by atoms with Crippen LogP contribution in [-0.4, -0.2) is 17.7 Å². The van der Waals surface area contributed by atoms with Crippen molar-refractivity contribution in [1.29, 1.82) is 0 Å². The molecule has 76 valence electrons. The predicted octanol–water partition coefficient (Wildman–Crippen LogP) is 1.42. The van der Waals surface area contributed by atoms with Gasteiger partial charge in [-0.1, -0.05) is 12.1 Å². The van der Waals surface area contributed by atoms with Gasteiger partial charge < -0.3 is 9.84 Å². The maximum Gasteiger partial charge on any atom is 0.339 e. The fraction of sp³-hybridized carbons (Fsp3) is 0.300. The molecule has 0 aliphatic heterocycles. The predicted molar refractivity (Wildman–Crippen MR) is 48.0 cm³/mol. The minimum Gasteiger partial charge on any atom is -0.464 e. The summed E-state index contributed by atoms with van der Waals surface area (Å²) in [6.07, 6.45) is -1.34. The number of aliphatic hydroxyl groups excluding tert-OH is 1. The summed E-state index contributed by atoms with van der Waals surface area (Å²) >= 11 is 0. The zero-order valence-corrected chi connectivity index (χ0v) is 7.74. The van der Waals surface area contributed by atoms with E-state index in [-0.39, 0.29) is 6.61 Å². The molecule has 0 fully saturated rings. The molecule has 0 saturated heterocycles. The first-order valence-electron chi connectivity index (χ1n) is 4.25. The maximum absolute atomic E-state index is 12.5. The number of hydrogen-bond acceptors (Lipinski definition) is 3. The average molecular weight is 198 g/mol. The number of benzene rings is 1. The topological polar surface area (TPSA) is 46.5 Å². The lowest BCUT2D eigenvalue weighted by Crippen LogP contribution is -2.15. The third-order valence-electron chi connectivity index (χ3n) is 1.70. The molecule has 1 N–H and O–H groups in total. The van der Waals surface area contributed by atoms with Gasteiger partial charge in [0.15, 0.2) is 6.10 Å². The molecule has 0 spiro atoms. The molecule has 3 nitrogen and oxygen atoms in total. The monoisotopic (exact) mass is 198 g/mol. The van der Waals surface area contributed by atoms with Gasteiger partial charge in [0.25, 0.3) is 0 Å². The fourth-order valence-corrected chi connectivity index (χ4v) is 1.00. The highest BCUT2D eigenvalue weighted by Gasteiger charge is 2.17. The highest BCUT2D eigenvalue weighted by molar-refractivity contribution is 5.76. The quantitative estimate of drug-likeness (QED) is 0.747. The molecule has 0 heterocycles. The lowest BCUT2D eigenvalue weighted by molar-refractivity contribution is -0.153. The summed E-state index contributed by atoms with van der Waals surface area (Å²) in [6, 6.07) is 5.05. The minimum atomic E-state index is -1.34. The van der Waals surface area contributed by atoms with E-state index < -0.39 is 17.9 Å². The zero-order chi connectivity index (χ0) is 10.6. The zero-order valence-electron chi connectivity index (χ0n) is 7.74. The smallest absolute Gasteiger partial charge is 0.339 e. The second-order valence-electron chi connectivity index (χ2n) is 2.71. The van der Waals surface area contributed by atoms with E-state index in [2.05, 4.69) is 4.74 Å². The number of rotatable bonds is 3. The van der Waals surface area contributed by atoms with Crippen molar-refractivity contribution in [2.75, 3.05) is 6.61 Å². The van der Waals surface area contributed by atoms with E-state index in [1.807, 2.05) is 0 Å². The number of carbonyl (C=O) groups is 1. The summed E-state index contributed by atoms with van der Waals surface area (Å²) in [7, 11) is 0. The normalized spacial score (nSPS) is 12.2. The largest absolute Gasteiger partial charge is 0.464 e. The lowest BCUT2D eigenvalue weighted by Gasteiger charge is -2.09. The van der Waals surface area contributed by atoms with E-state index in [1.54, 1.807) is 6.92 Å². The Balaban J connectivity index is 2.73. The first-order chi connectivity index (χ1) is 6.65. The highest BCUT2D eigenvalue weighted by Crippen LogP contribution is 2.14. The standard InChI is InChI=1S/C10H11FO3/c1-2-14-10(13)9(12)7-3-5-8(11)6-4-7/h3-6,9,12H,2H2,1H3. The summed E-state index contributed by atoms with van der Waals surface area (Å²) in [4.78, 5) is 11.1. The van der Waals surface area contributed by atoms with Gasteiger partial charge in [-0.05, 0) is 24.6 Å². The van der Waals surface area contributed by atoms with Crippen molar-refractivity contribution in [2.24, 2.45) is 0 Å². The molecule has 0 amide bonds. The van der Waals surface area contributed by atoms with Crippen molar-refractivity contribution in [3.05, 3.63) is 35.6 Å². The fourth-order valence-electron chi connectivity index (χ4n) is 1.00. The molecule has 0 aromatic heterocycles. The SMILES string of the molecule is CCOC(=O)C(O)c1ccc(F)cc1. The van der Waals surface area contributed by atoms with Crippen molar-refractivity contribution in [3.8, 4) is 0 Å². The Kier molecular flexibility index (Phi) is 3.59. The van der Waals surface area contributed by atoms with E-state index in [0.29, 0.717) is 5.56 Å². The first-order valence-corrected chi connectivity index (χ1v) is 4.25. The molecule has 4 heteroatoms. The van der Waals surface area contributed by atoms with E-state index in [0.717, 1.165) is 0 Å². The number of carbonyl (C=O) groups excluding carboxylic acids is 1. The molecule has 0 bridgehead atoms. The van der Waals surface area contributed by atoms with Crippen molar-refractivity contribution < 1.29 is 19.0 Å². The molecular formula is C10H11FO3. The van der Waals surface area contributed by atoms with Crippen LogP contribution in [0.2, 0.25) is 0 Å². The van der Waals surface area contributed by atoms with Crippen molar-refractivity contribution in [2.45, 2.75) is 13.0 Å². The molecule has 0 aliphatic rings. The molecule has 0 saturated carbocycles. The van der Waals surface area contributed by atoms with Gasteiger partial charge in [-0.15, -0.1) is 0 Å². The van der Waals surface area contributed by atoms with Gasteiger partial charge in [0.1, 0.15) is 5.82 Å². The Bertz CT molecular complexity index is 308. The van der Waals surface area contributed by atoms with Crippen LogP contribution in [0.5, 0.6) is 0 Å². The molecule has 1 unspecified atom stereocenters. The van der Waals surface area contributed by atoms with Crippen LogP contribution in [0.15, 0.2) is 24.3 Å². The van der Waals surface area contributed by atoms with Gasteiger partial charge in [0.05, 0.1) is 6.61 Å². The van der Waals surface area contributed by atoms with Gasteiger partial charge in [-0.3, -0.25) is 0 Å². The highest BCUT2D eigenvalue weighted by atomic mass is 19.1. The Morgan fingerprint density at radius 3 is 2.57 bits per heavy atom. The van der Waals surface area contributed by atoms with Crippen LogP contribution in [0.3, 0.4) is 0 Å². The van der Waals surface area contributed by atoms with Crippen molar-refractivity contribution in [3.63, 3.8) is 0 Å². The Hall–Kier alpha value is -1.42. The molecule has 1 atom stereocenters. The van der Waals surface area contributed by atoms with Crippen LogP contribution in [-0.2, 0) is 9.53 Å². The van der Waals surface area contributed by atoms with Gasteiger partial charge in [0, 0.05) is 0 Å². The van der Waals surface area contributed by atoms with Crippen LogP contribution in [0.4, 0.5) is 4.39 Å². The Morgan fingerprint density at radius 2 is 2.07 bits per heavy atom. The van der Waals surface area contributed by atoms with Gasteiger partial charge in [0.2, 0.25) is 0 Å². The van der Waals surface area contributed by atoms with Crippen LogP contribution in [0.25, 0.3) is 0 Å². The number of halogens is 1. The number of hydrogen-bond donors (Lipinski definition) is 1. The molecule has 1 aromatic rings. The summed E-state index contributed by atoms with van der Waals surface area (Å²) in [6.45, 7) is 1.85. The third kappa shape index (κ3) is 2.53. The van der Waals surface area contributed by atoms with Gasteiger partial charge >= 0.3 is 5.97 Å². The maximum atomic E-state index is 12.5. The second kappa shape index (κ2) is 4.72. The minimum absolute atomic E-state index is 0.205. The summed E-state index contributed by atoms with van der Waals surface area (Å²) in [5, 5.41) is 9.41. The second-order valence-corrected chi connectivity index (χ2v) is 2.71. The van der Waals surface area contributed by atoms with Crippen LogP contribution in [0.1, 0.15) is 18.6 Å². The number of aliphatic hydroxyl groups is 1. The average Bonchev–Trinajstić information content (AvgIpc) is 2.18. The summed E-state index contributed by atoms with van der Waals surface area (Å²) < 4.78 is 17.1. The summed E-state index contributed by atoms with van der Waals surface area (Å²) in [5.41, 5.74) is 0.324. The van der Waals surface area contributed by atoms with Crippen LogP contribution >= 0.6 is 0 Å². The van der Waals surface area contributed by atoms with E-state index in [1.165, 1.54) is 24.3 Å². The first kappa shape index (κ1) is 10.7. The summed E-state index contributed by atoms with van der Waals surface area (Å²) in [5.74, 6) is -1.14. The molecule has 1 aromatic carbocycles. The van der Waals surface area contributed by atoms with E-state index in [4.69, 9.17) is 0 Å². The third-order valence-corrected chi connectivity index (χ3v) is 1.70. The Morgan fingerprint density at radius 1 is 1.50 bits per heavy atom. The Labute approximate surface area is 81.1 Å². The molecule has 0 radical (unpaired) electrons. The molecule has 1 rings (SSSR count). The molecule has 14 heavy (non-hydrogen) atoms. The van der Waals surface area contributed by atoms with E-state index >= 15 is 0 Å². The van der Waals surface area contributed by atoms with Gasteiger partial charge in [-0.25, -0.2) is 9.18 Å². The van der Waals surface area contributed by atoms with Crippen LogP contribution < -0.4 is 0 Å². The molecule has 0 aliphatic carbocycles. The molecular weight excluding hydrogens is 187 g/mol. The van der Waals surface area contributed by atoms with Gasteiger partial charge in [-0.2, -0.15) is 0 Å². The number of ether oxygens (including phenoxy) is 1. The van der Waals surface area contributed by atoms with Crippen molar-refractivity contribution >= 4 is 5.97 Å².